The Balaban J connectivity index is 1.40. The van der Waals surface area contributed by atoms with Gasteiger partial charge in [-0.25, -0.2) is 9.97 Å². The van der Waals surface area contributed by atoms with Gasteiger partial charge >= 0.3 is 0 Å². The monoisotopic (exact) mass is 416 g/mol. The maximum absolute atomic E-state index is 4.75. The van der Waals surface area contributed by atoms with Crippen LogP contribution in [0.2, 0.25) is 0 Å². The Labute approximate surface area is 185 Å². The fourth-order valence-electron chi connectivity index (χ4n) is 4.21. The summed E-state index contributed by atoms with van der Waals surface area (Å²) < 4.78 is 0. The second kappa shape index (κ2) is 11.0. The van der Waals surface area contributed by atoms with Gasteiger partial charge < -0.3 is 10.6 Å². The summed E-state index contributed by atoms with van der Waals surface area (Å²) >= 11 is 0. The fourth-order valence-corrected chi connectivity index (χ4v) is 4.21. The van der Waals surface area contributed by atoms with E-state index in [1.807, 2.05) is 36.8 Å². The van der Waals surface area contributed by atoms with Crippen LogP contribution in [-0.2, 0) is 13.0 Å². The van der Waals surface area contributed by atoms with Crippen molar-refractivity contribution in [2.24, 2.45) is 0 Å². The van der Waals surface area contributed by atoms with Crippen LogP contribution >= 0.6 is 0 Å². The molecule has 2 N–H and O–H groups in total. The summed E-state index contributed by atoms with van der Waals surface area (Å²) in [7, 11) is 0. The average molecular weight is 417 g/mol. The predicted octanol–water partition coefficient (Wildman–Crippen LogP) is 3.77. The Hall–Kier alpha value is -2.83. The van der Waals surface area contributed by atoms with Gasteiger partial charge in [-0.05, 0) is 74.3 Å². The van der Waals surface area contributed by atoms with E-state index in [0.717, 1.165) is 50.4 Å². The van der Waals surface area contributed by atoms with Crippen molar-refractivity contribution >= 4 is 5.95 Å². The van der Waals surface area contributed by atoms with Crippen LogP contribution in [0.25, 0.3) is 11.3 Å². The Bertz CT molecular complexity index is 940. The topological polar surface area (TPSA) is 66.0 Å². The van der Waals surface area contributed by atoms with Crippen molar-refractivity contribution < 1.29 is 0 Å². The molecular formula is C25H32N6. The normalized spacial score (nSPS) is 14.6. The van der Waals surface area contributed by atoms with Crippen LogP contribution in [0.1, 0.15) is 30.9 Å². The molecule has 0 atom stereocenters. The molecule has 1 aliphatic heterocycles. The molecule has 1 aliphatic rings. The number of nitrogens with zero attached hydrogens (tertiary/aromatic N) is 4. The maximum Gasteiger partial charge on any atom is 0.223 e. The van der Waals surface area contributed by atoms with Gasteiger partial charge in [0.05, 0.1) is 5.69 Å². The summed E-state index contributed by atoms with van der Waals surface area (Å²) in [6.07, 6.45) is 8.85. The number of rotatable bonds is 9. The SMILES string of the molecule is CCN(Cc1cccc(-c2ccnc(NCCc3ccncc3)n2)c1)C1CCNCC1. The minimum absolute atomic E-state index is 0.668. The first-order valence-electron chi connectivity index (χ1n) is 11.3. The second-order valence-corrected chi connectivity index (χ2v) is 8.04. The number of pyridine rings is 1. The number of hydrogen-bond acceptors (Lipinski definition) is 6. The van der Waals surface area contributed by atoms with E-state index < -0.39 is 0 Å². The van der Waals surface area contributed by atoms with Crippen LogP contribution in [0.3, 0.4) is 0 Å². The minimum atomic E-state index is 0.668. The lowest BCUT2D eigenvalue weighted by atomic mass is 10.0. The largest absolute Gasteiger partial charge is 0.354 e. The standard InChI is InChI=1S/C25H32N6/c1-2-31(23-9-14-27-15-10-23)19-21-4-3-5-22(18-21)24-11-17-29-25(30-24)28-16-8-20-6-12-26-13-7-20/h3-7,11-13,17-18,23,27H,2,8-10,14-16,19H2,1H3,(H,28,29,30). The third-order valence-corrected chi connectivity index (χ3v) is 5.94. The van der Waals surface area contributed by atoms with E-state index in [1.165, 1.54) is 24.0 Å². The number of benzene rings is 1. The molecule has 31 heavy (non-hydrogen) atoms. The number of anilines is 1. The van der Waals surface area contributed by atoms with Crippen molar-refractivity contribution in [2.75, 3.05) is 31.5 Å². The number of hydrogen-bond donors (Lipinski definition) is 2. The molecule has 162 valence electrons. The molecule has 0 saturated carbocycles. The molecule has 0 unspecified atom stereocenters. The molecule has 6 nitrogen and oxygen atoms in total. The van der Waals surface area contributed by atoms with Crippen LogP contribution in [0.5, 0.6) is 0 Å². The molecule has 0 amide bonds. The zero-order valence-corrected chi connectivity index (χ0v) is 18.3. The molecule has 0 spiro atoms. The van der Waals surface area contributed by atoms with Crippen LogP contribution in [0, 0.1) is 0 Å². The van der Waals surface area contributed by atoms with Gasteiger partial charge in [-0.3, -0.25) is 9.88 Å². The van der Waals surface area contributed by atoms with Crippen molar-refractivity contribution in [2.45, 2.75) is 38.8 Å². The zero-order chi connectivity index (χ0) is 21.3. The molecule has 6 heteroatoms. The molecule has 1 saturated heterocycles. The predicted molar refractivity (Wildman–Crippen MR) is 126 cm³/mol. The molecule has 2 aromatic heterocycles. The van der Waals surface area contributed by atoms with E-state index in [9.17, 15) is 0 Å². The fraction of sp³-hybridized carbons (Fsp3) is 0.400. The van der Waals surface area contributed by atoms with E-state index in [1.54, 1.807) is 0 Å². The van der Waals surface area contributed by atoms with E-state index in [4.69, 9.17) is 4.98 Å². The van der Waals surface area contributed by atoms with E-state index >= 15 is 0 Å². The van der Waals surface area contributed by atoms with Gasteiger partial charge in [0, 0.05) is 43.3 Å². The lowest BCUT2D eigenvalue weighted by Crippen LogP contribution is -2.42. The van der Waals surface area contributed by atoms with Crippen LogP contribution < -0.4 is 10.6 Å². The summed E-state index contributed by atoms with van der Waals surface area (Å²) in [6.45, 7) is 7.36. The van der Waals surface area contributed by atoms with Crippen molar-refractivity contribution in [1.29, 1.82) is 0 Å². The molecule has 0 aliphatic carbocycles. The Morgan fingerprint density at radius 1 is 1.03 bits per heavy atom. The summed E-state index contributed by atoms with van der Waals surface area (Å²) in [4.78, 5) is 15.8. The quantitative estimate of drug-likeness (QED) is 0.554. The lowest BCUT2D eigenvalue weighted by Gasteiger charge is -2.34. The smallest absolute Gasteiger partial charge is 0.223 e. The lowest BCUT2D eigenvalue weighted by molar-refractivity contribution is 0.162. The highest BCUT2D eigenvalue weighted by Gasteiger charge is 2.19. The van der Waals surface area contributed by atoms with E-state index in [2.05, 4.69) is 56.7 Å². The Morgan fingerprint density at radius 2 is 1.87 bits per heavy atom. The number of aromatic nitrogens is 3. The van der Waals surface area contributed by atoms with Gasteiger partial charge in [-0.1, -0.05) is 25.1 Å². The molecular weight excluding hydrogens is 384 g/mol. The van der Waals surface area contributed by atoms with Crippen molar-refractivity contribution in [3.8, 4) is 11.3 Å². The van der Waals surface area contributed by atoms with Crippen LogP contribution in [-0.4, -0.2) is 52.1 Å². The van der Waals surface area contributed by atoms with Gasteiger partial charge in [-0.15, -0.1) is 0 Å². The summed E-state index contributed by atoms with van der Waals surface area (Å²) in [5, 5.41) is 6.81. The van der Waals surface area contributed by atoms with Gasteiger partial charge in [0.15, 0.2) is 0 Å². The molecule has 0 bridgehead atoms. The summed E-state index contributed by atoms with van der Waals surface area (Å²) in [6, 6.07) is 15.5. The van der Waals surface area contributed by atoms with E-state index in [-0.39, 0.29) is 0 Å². The Kier molecular flexibility index (Phi) is 7.58. The molecule has 0 radical (unpaired) electrons. The third kappa shape index (κ3) is 6.09. The first kappa shape index (κ1) is 21.4. The summed E-state index contributed by atoms with van der Waals surface area (Å²) in [5.41, 5.74) is 4.68. The highest BCUT2D eigenvalue weighted by molar-refractivity contribution is 5.60. The number of nitrogens with one attached hydrogen (secondary N) is 2. The van der Waals surface area contributed by atoms with Crippen molar-refractivity contribution in [1.82, 2.24) is 25.2 Å². The van der Waals surface area contributed by atoms with Gasteiger partial charge in [-0.2, -0.15) is 0 Å². The van der Waals surface area contributed by atoms with Gasteiger partial charge in [0.25, 0.3) is 0 Å². The van der Waals surface area contributed by atoms with Crippen molar-refractivity contribution in [3.05, 3.63) is 72.2 Å². The van der Waals surface area contributed by atoms with Crippen LogP contribution in [0.15, 0.2) is 61.1 Å². The number of piperidine rings is 1. The zero-order valence-electron chi connectivity index (χ0n) is 18.3. The average Bonchev–Trinajstić information content (AvgIpc) is 2.84. The second-order valence-electron chi connectivity index (χ2n) is 8.04. The molecule has 1 fully saturated rings. The van der Waals surface area contributed by atoms with Crippen molar-refractivity contribution in [3.63, 3.8) is 0 Å². The Morgan fingerprint density at radius 3 is 2.68 bits per heavy atom. The van der Waals surface area contributed by atoms with Gasteiger partial charge in [0.1, 0.15) is 0 Å². The summed E-state index contributed by atoms with van der Waals surface area (Å²) in [5.74, 6) is 0.668. The highest BCUT2D eigenvalue weighted by atomic mass is 15.2. The first-order chi connectivity index (χ1) is 15.3. The molecule has 1 aromatic carbocycles. The first-order valence-corrected chi connectivity index (χ1v) is 11.3. The van der Waals surface area contributed by atoms with Gasteiger partial charge in [0.2, 0.25) is 5.95 Å². The van der Waals surface area contributed by atoms with E-state index in [0.29, 0.717) is 12.0 Å². The van der Waals surface area contributed by atoms with Crippen LogP contribution in [0.4, 0.5) is 5.95 Å². The maximum atomic E-state index is 4.75. The molecule has 3 aromatic rings. The highest BCUT2D eigenvalue weighted by Crippen LogP contribution is 2.21. The molecule has 3 heterocycles. The minimum Gasteiger partial charge on any atom is -0.354 e. The molecule has 4 rings (SSSR count). The third-order valence-electron chi connectivity index (χ3n) is 5.94.